The summed E-state index contributed by atoms with van der Waals surface area (Å²) in [6.07, 6.45) is 4.76. The molecule has 0 radical (unpaired) electrons. The van der Waals surface area contributed by atoms with Crippen LogP contribution >= 0.6 is 0 Å². The maximum Gasteiger partial charge on any atom is 0.277 e. The smallest absolute Gasteiger partial charge is 0.277 e. The average Bonchev–Trinajstić information content (AvgIpc) is 3.41. The molecule has 2 aromatic heterocycles. The topological polar surface area (TPSA) is 82.9 Å². The van der Waals surface area contributed by atoms with Crippen LogP contribution < -0.4 is 5.56 Å². The van der Waals surface area contributed by atoms with Crippen LogP contribution in [0, 0.1) is 5.92 Å². The predicted octanol–water partition coefficient (Wildman–Crippen LogP) is 1.88. The van der Waals surface area contributed by atoms with Crippen molar-refractivity contribution in [1.29, 1.82) is 0 Å². The Kier molecular flexibility index (Phi) is 5.14. The Bertz CT molecular complexity index is 1000. The third kappa shape index (κ3) is 3.36. The number of likely N-dealkylation sites (tertiary alicyclic amines) is 1. The minimum Gasteiger partial charge on any atom is -0.381 e. The number of fused-ring (bicyclic) bond motifs is 2. The SMILES string of the molecule is CC(C)C(=O)N1CCC[C@@H]1c1cc2nc3c(c(=O)n2[nH]1)CN(C1CCOCC1)CC3. The van der Waals surface area contributed by atoms with E-state index in [0.29, 0.717) is 18.2 Å². The molecule has 3 aliphatic heterocycles. The average molecular weight is 414 g/mol. The van der Waals surface area contributed by atoms with Gasteiger partial charge in [0.2, 0.25) is 5.91 Å². The van der Waals surface area contributed by atoms with Crippen LogP contribution in [-0.4, -0.2) is 62.7 Å². The molecule has 8 nitrogen and oxygen atoms in total. The summed E-state index contributed by atoms with van der Waals surface area (Å²) in [7, 11) is 0. The van der Waals surface area contributed by atoms with E-state index < -0.39 is 0 Å². The van der Waals surface area contributed by atoms with Crippen molar-refractivity contribution in [1.82, 2.24) is 24.4 Å². The summed E-state index contributed by atoms with van der Waals surface area (Å²) in [6, 6.07) is 2.44. The minimum atomic E-state index is -0.0284. The number of hydrogen-bond acceptors (Lipinski definition) is 5. The summed E-state index contributed by atoms with van der Waals surface area (Å²) in [4.78, 5) is 35.1. The second-order valence-electron chi connectivity index (χ2n) is 9.16. The van der Waals surface area contributed by atoms with Gasteiger partial charge in [-0.25, -0.2) is 9.50 Å². The van der Waals surface area contributed by atoms with E-state index in [1.54, 1.807) is 4.52 Å². The first-order valence-electron chi connectivity index (χ1n) is 11.3. The highest BCUT2D eigenvalue weighted by Crippen LogP contribution is 2.32. The van der Waals surface area contributed by atoms with Gasteiger partial charge in [-0.3, -0.25) is 19.6 Å². The second kappa shape index (κ2) is 7.81. The predicted molar refractivity (Wildman–Crippen MR) is 112 cm³/mol. The van der Waals surface area contributed by atoms with Crippen molar-refractivity contribution in [2.75, 3.05) is 26.3 Å². The van der Waals surface area contributed by atoms with Gasteiger partial charge in [0.05, 0.1) is 23.0 Å². The van der Waals surface area contributed by atoms with Crippen LogP contribution in [0.1, 0.15) is 62.5 Å². The first-order chi connectivity index (χ1) is 14.5. The van der Waals surface area contributed by atoms with E-state index in [4.69, 9.17) is 9.72 Å². The monoisotopic (exact) mass is 413 g/mol. The van der Waals surface area contributed by atoms with Gasteiger partial charge < -0.3 is 9.64 Å². The molecule has 0 unspecified atom stereocenters. The number of hydrogen-bond donors (Lipinski definition) is 1. The zero-order valence-electron chi connectivity index (χ0n) is 17.9. The number of aromatic amines is 1. The van der Waals surface area contributed by atoms with E-state index in [0.717, 1.165) is 75.4 Å². The molecule has 5 rings (SSSR count). The normalized spacial score (nSPS) is 23.4. The number of carbonyl (C=O) groups is 1. The number of amides is 1. The fourth-order valence-corrected chi connectivity index (χ4v) is 5.24. The molecule has 2 fully saturated rings. The quantitative estimate of drug-likeness (QED) is 0.831. The van der Waals surface area contributed by atoms with Gasteiger partial charge in [-0.05, 0) is 25.7 Å². The molecule has 0 saturated carbocycles. The van der Waals surface area contributed by atoms with Gasteiger partial charge >= 0.3 is 0 Å². The van der Waals surface area contributed by atoms with E-state index in [-0.39, 0.29) is 23.4 Å². The van der Waals surface area contributed by atoms with E-state index >= 15 is 0 Å². The van der Waals surface area contributed by atoms with E-state index in [9.17, 15) is 9.59 Å². The van der Waals surface area contributed by atoms with E-state index in [2.05, 4.69) is 10.00 Å². The van der Waals surface area contributed by atoms with Crippen molar-refractivity contribution < 1.29 is 9.53 Å². The van der Waals surface area contributed by atoms with Crippen molar-refractivity contribution in [3.05, 3.63) is 33.4 Å². The zero-order chi connectivity index (χ0) is 20.8. The van der Waals surface area contributed by atoms with Gasteiger partial charge in [-0.15, -0.1) is 0 Å². The third-order valence-corrected chi connectivity index (χ3v) is 6.91. The van der Waals surface area contributed by atoms with Crippen molar-refractivity contribution in [2.24, 2.45) is 5.92 Å². The molecule has 0 aromatic carbocycles. The molecule has 1 N–H and O–H groups in total. The van der Waals surface area contributed by atoms with E-state index in [1.807, 2.05) is 24.8 Å². The summed E-state index contributed by atoms with van der Waals surface area (Å²) in [5, 5.41) is 3.28. The molecular formula is C22H31N5O3. The highest BCUT2D eigenvalue weighted by atomic mass is 16.5. The van der Waals surface area contributed by atoms with Crippen LogP contribution in [0.25, 0.3) is 5.65 Å². The molecule has 162 valence electrons. The maximum absolute atomic E-state index is 13.3. The number of aromatic nitrogens is 3. The molecular weight excluding hydrogens is 382 g/mol. The molecule has 1 atom stereocenters. The number of H-pyrrole nitrogens is 1. The van der Waals surface area contributed by atoms with Crippen molar-refractivity contribution in [3.63, 3.8) is 0 Å². The summed E-state index contributed by atoms with van der Waals surface area (Å²) in [5.41, 5.74) is 3.31. The largest absolute Gasteiger partial charge is 0.381 e. The molecule has 0 spiro atoms. The lowest BCUT2D eigenvalue weighted by molar-refractivity contribution is -0.135. The maximum atomic E-state index is 13.3. The number of rotatable bonds is 3. The Morgan fingerprint density at radius 3 is 2.80 bits per heavy atom. The Morgan fingerprint density at radius 2 is 2.03 bits per heavy atom. The fraction of sp³-hybridized carbons (Fsp3) is 0.682. The van der Waals surface area contributed by atoms with Crippen LogP contribution in [0.4, 0.5) is 0 Å². The molecule has 2 saturated heterocycles. The lowest BCUT2D eigenvalue weighted by Crippen LogP contribution is -2.44. The molecule has 0 bridgehead atoms. The van der Waals surface area contributed by atoms with Crippen LogP contribution in [0.2, 0.25) is 0 Å². The number of nitrogens with zero attached hydrogens (tertiary/aromatic N) is 4. The molecule has 2 aromatic rings. The summed E-state index contributed by atoms with van der Waals surface area (Å²) in [6.45, 7) is 7.85. The lowest BCUT2D eigenvalue weighted by Gasteiger charge is -2.36. The van der Waals surface area contributed by atoms with Gasteiger partial charge in [-0.2, -0.15) is 0 Å². The van der Waals surface area contributed by atoms with Gasteiger partial charge in [0, 0.05) is 57.3 Å². The number of nitrogens with one attached hydrogen (secondary N) is 1. The molecule has 8 heteroatoms. The zero-order valence-corrected chi connectivity index (χ0v) is 17.9. The molecule has 1 amide bonds. The van der Waals surface area contributed by atoms with Gasteiger partial charge in [-0.1, -0.05) is 13.8 Å². The van der Waals surface area contributed by atoms with Gasteiger partial charge in [0.25, 0.3) is 5.56 Å². The summed E-state index contributed by atoms with van der Waals surface area (Å²) >= 11 is 0. The summed E-state index contributed by atoms with van der Waals surface area (Å²) in [5.74, 6) is 0.141. The molecule has 5 heterocycles. The van der Waals surface area contributed by atoms with Crippen molar-refractivity contribution >= 4 is 11.6 Å². The van der Waals surface area contributed by atoms with Crippen molar-refractivity contribution in [2.45, 2.75) is 64.6 Å². The second-order valence-corrected chi connectivity index (χ2v) is 9.16. The van der Waals surface area contributed by atoms with Gasteiger partial charge in [0.15, 0.2) is 5.65 Å². The first kappa shape index (κ1) is 19.8. The van der Waals surface area contributed by atoms with Crippen LogP contribution in [0.3, 0.4) is 0 Å². The number of carbonyl (C=O) groups excluding carboxylic acids is 1. The molecule has 0 aliphatic carbocycles. The third-order valence-electron chi connectivity index (χ3n) is 6.91. The van der Waals surface area contributed by atoms with Crippen LogP contribution in [-0.2, 0) is 22.5 Å². The Morgan fingerprint density at radius 1 is 1.23 bits per heavy atom. The van der Waals surface area contributed by atoms with Crippen LogP contribution in [0.5, 0.6) is 0 Å². The number of ether oxygens (including phenoxy) is 1. The first-order valence-corrected chi connectivity index (χ1v) is 11.3. The van der Waals surface area contributed by atoms with Gasteiger partial charge in [0.1, 0.15) is 0 Å². The highest BCUT2D eigenvalue weighted by Gasteiger charge is 2.33. The Labute approximate surface area is 176 Å². The van der Waals surface area contributed by atoms with E-state index in [1.165, 1.54) is 0 Å². The Hall–Kier alpha value is -2.19. The summed E-state index contributed by atoms with van der Waals surface area (Å²) < 4.78 is 7.08. The van der Waals surface area contributed by atoms with Crippen molar-refractivity contribution in [3.8, 4) is 0 Å². The fourth-order valence-electron chi connectivity index (χ4n) is 5.24. The Balaban J connectivity index is 1.46. The molecule has 3 aliphatic rings. The van der Waals surface area contributed by atoms with Crippen LogP contribution in [0.15, 0.2) is 10.9 Å². The molecule has 30 heavy (non-hydrogen) atoms. The minimum absolute atomic E-state index is 0.00209. The lowest BCUT2D eigenvalue weighted by atomic mass is 10.0. The highest BCUT2D eigenvalue weighted by molar-refractivity contribution is 5.78. The standard InChI is InChI=1S/C22H31N5O3/c1-14(2)21(28)26-8-3-4-19(26)18-12-20-23-17-5-9-25(15-6-10-30-11-7-15)13-16(17)22(29)27(20)24-18/h12,14-15,19,24H,3-11,13H2,1-2H3/t19-/m1/s1.